The molecule has 3 amide bonds. The molecule has 1 aromatic rings. The van der Waals surface area contributed by atoms with Crippen molar-refractivity contribution in [1.82, 2.24) is 15.1 Å². The van der Waals surface area contributed by atoms with Crippen LogP contribution in [0.3, 0.4) is 0 Å². The largest absolute Gasteiger partial charge is 0.325 e. The van der Waals surface area contributed by atoms with Gasteiger partial charge in [0.15, 0.2) is 0 Å². The van der Waals surface area contributed by atoms with Crippen LogP contribution in [0, 0.1) is 13.8 Å². The number of benzene rings is 1. The van der Waals surface area contributed by atoms with Crippen molar-refractivity contribution in [3.05, 3.63) is 29.3 Å². The average molecular weight is 387 g/mol. The van der Waals surface area contributed by atoms with E-state index >= 15 is 0 Å². The molecule has 0 spiro atoms. The number of nitrogens with one attached hydrogen (secondary N) is 2. The summed E-state index contributed by atoms with van der Waals surface area (Å²) in [6.07, 6.45) is 7.58. The van der Waals surface area contributed by atoms with E-state index in [1.165, 1.54) is 50.8 Å². The number of carbonyl (C=O) groups is 2. The maximum atomic E-state index is 12.3. The van der Waals surface area contributed by atoms with Crippen molar-refractivity contribution in [1.29, 1.82) is 0 Å². The molecular weight excluding hydrogens is 352 g/mol. The number of anilines is 1. The molecule has 0 aromatic heterocycles. The van der Waals surface area contributed by atoms with Crippen molar-refractivity contribution in [2.75, 3.05) is 38.0 Å². The third kappa shape index (κ3) is 6.04. The highest BCUT2D eigenvalue weighted by Crippen LogP contribution is 2.20. The number of likely N-dealkylation sites (tertiary alicyclic amines) is 2. The first-order valence-electron chi connectivity index (χ1n) is 10.7. The molecule has 2 heterocycles. The van der Waals surface area contributed by atoms with Crippen molar-refractivity contribution in [3.8, 4) is 0 Å². The second-order valence-corrected chi connectivity index (χ2v) is 8.28. The minimum absolute atomic E-state index is 0.238. The minimum atomic E-state index is -0.464. The molecule has 1 aromatic carbocycles. The van der Waals surface area contributed by atoms with Gasteiger partial charge in [0, 0.05) is 18.3 Å². The molecule has 154 valence electrons. The number of carbonyl (C=O) groups excluding carboxylic acids is 2. The second kappa shape index (κ2) is 10.0. The first-order valence-corrected chi connectivity index (χ1v) is 10.7. The smallest absolute Gasteiger partial charge is 0.308 e. The minimum Gasteiger partial charge on any atom is -0.308 e. The molecule has 6 heteroatoms. The summed E-state index contributed by atoms with van der Waals surface area (Å²) in [6, 6.07) is 5.81. The van der Waals surface area contributed by atoms with E-state index in [2.05, 4.69) is 20.4 Å². The summed E-state index contributed by atoms with van der Waals surface area (Å²) in [4.78, 5) is 29.3. The summed E-state index contributed by atoms with van der Waals surface area (Å²) >= 11 is 0. The third-order valence-electron chi connectivity index (χ3n) is 6.02. The molecule has 3 rings (SSSR count). The Labute approximate surface area is 168 Å². The number of amides is 3. The lowest BCUT2D eigenvalue weighted by Gasteiger charge is -2.38. The highest BCUT2D eigenvalue weighted by molar-refractivity contribution is 6.01. The topological polar surface area (TPSA) is 64.7 Å². The van der Waals surface area contributed by atoms with Gasteiger partial charge in [0.2, 0.25) is 5.91 Å². The SMILES string of the molecule is Cc1ccc(NC(=O)NC(=O)CN2CCCC(N3CCCCCC3)C2)cc1C. The number of hydrogen-bond donors (Lipinski definition) is 2. The first kappa shape index (κ1) is 20.8. The molecule has 1 unspecified atom stereocenters. The summed E-state index contributed by atoms with van der Waals surface area (Å²) in [7, 11) is 0. The Kier molecular flexibility index (Phi) is 7.45. The van der Waals surface area contributed by atoms with Crippen molar-refractivity contribution in [2.24, 2.45) is 0 Å². The highest BCUT2D eigenvalue weighted by Gasteiger charge is 2.27. The van der Waals surface area contributed by atoms with Crippen molar-refractivity contribution < 1.29 is 9.59 Å². The average Bonchev–Trinajstić information content (AvgIpc) is 2.94. The van der Waals surface area contributed by atoms with Gasteiger partial charge in [0.05, 0.1) is 6.54 Å². The second-order valence-electron chi connectivity index (χ2n) is 8.28. The Balaban J connectivity index is 1.45. The predicted molar refractivity (Wildman–Crippen MR) is 113 cm³/mol. The molecule has 2 aliphatic heterocycles. The van der Waals surface area contributed by atoms with E-state index in [0.29, 0.717) is 11.7 Å². The Bertz CT molecular complexity index is 683. The molecule has 0 aliphatic carbocycles. The molecule has 0 bridgehead atoms. The number of nitrogens with zero attached hydrogens (tertiary/aromatic N) is 2. The Morgan fingerprint density at radius 1 is 1.00 bits per heavy atom. The van der Waals surface area contributed by atoms with E-state index in [4.69, 9.17) is 0 Å². The zero-order chi connectivity index (χ0) is 19.9. The molecule has 6 nitrogen and oxygen atoms in total. The fraction of sp³-hybridized carbons (Fsp3) is 0.636. The van der Waals surface area contributed by atoms with Gasteiger partial charge in [-0.05, 0) is 82.4 Å². The molecule has 28 heavy (non-hydrogen) atoms. The van der Waals surface area contributed by atoms with Gasteiger partial charge in [-0.1, -0.05) is 18.9 Å². The van der Waals surface area contributed by atoms with Crippen LogP contribution in [0.2, 0.25) is 0 Å². The van der Waals surface area contributed by atoms with Gasteiger partial charge in [-0.2, -0.15) is 0 Å². The fourth-order valence-electron chi connectivity index (χ4n) is 4.28. The van der Waals surface area contributed by atoms with Crippen LogP contribution in [-0.4, -0.2) is 60.5 Å². The summed E-state index contributed by atoms with van der Waals surface area (Å²) in [5, 5.41) is 5.22. The third-order valence-corrected chi connectivity index (χ3v) is 6.02. The highest BCUT2D eigenvalue weighted by atomic mass is 16.2. The monoisotopic (exact) mass is 386 g/mol. The zero-order valence-electron chi connectivity index (χ0n) is 17.3. The molecule has 0 radical (unpaired) electrons. The standard InChI is InChI=1S/C22H34N4O2/c1-17-9-10-19(14-18(17)2)23-22(28)24-21(27)16-25-11-7-8-20(15-25)26-12-5-3-4-6-13-26/h9-10,14,20H,3-8,11-13,15-16H2,1-2H3,(H2,23,24,27,28). The lowest BCUT2D eigenvalue weighted by atomic mass is 10.0. The molecule has 2 saturated heterocycles. The van der Waals surface area contributed by atoms with Gasteiger partial charge >= 0.3 is 6.03 Å². The number of piperidine rings is 1. The number of urea groups is 1. The summed E-state index contributed by atoms with van der Waals surface area (Å²) in [5.41, 5.74) is 2.98. The van der Waals surface area contributed by atoms with Crippen molar-refractivity contribution in [2.45, 2.75) is 58.4 Å². The quantitative estimate of drug-likeness (QED) is 0.833. The van der Waals surface area contributed by atoms with Crippen LogP contribution < -0.4 is 10.6 Å². The van der Waals surface area contributed by atoms with E-state index in [1.807, 2.05) is 32.0 Å². The molecule has 2 N–H and O–H groups in total. The number of rotatable bonds is 4. The summed E-state index contributed by atoms with van der Waals surface area (Å²) < 4.78 is 0. The lowest BCUT2D eigenvalue weighted by Crippen LogP contribution is -2.51. The van der Waals surface area contributed by atoms with Crippen molar-refractivity contribution in [3.63, 3.8) is 0 Å². The van der Waals surface area contributed by atoms with Crippen LogP contribution in [-0.2, 0) is 4.79 Å². The zero-order valence-corrected chi connectivity index (χ0v) is 17.3. The van der Waals surface area contributed by atoms with E-state index in [9.17, 15) is 9.59 Å². The van der Waals surface area contributed by atoms with Crippen LogP contribution >= 0.6 is 0 Å². The number of aryl methyl sites for hydroxylation is 2. The van der Waals surface area contributed by atoms with E-state index in [0.717, 1.165) is 25.1 Å². The normalized spacial score (nSPS) is 21.7. The van der Waals surface area contributed by atoms with Crippen LogP contribution in [0.5, 0.6) is 0 Å². The van der Waals surface area contributed by atoms with Crippen LogP contribution in [0.1, 0.15) is 49.7 Å². The van der Waals surface area contributed by atoms with E-state index in [-0.39, 0.29) is 12.5 Å². The van der Waals surface area contributed by atoms with Gasteiger partial charge < -0.3 is 5.32 Å². The van der Waals surface area contributed by atoms with Gasteiger partial charge in [0.25, 0.3) is 0 Å². The lowest BCUT2D eigenvalue weighted by molar-refractivity contribution is -0.121. The summed E-state index contributed by atoms with van der Waals surface area (Å²) in [5.74, 6) is -0.238. The molecular formula is C22H34N4O2. The Hall–Kier alpha value is -1.92. The van der Waals surface area contributed by atoms with Crippen molar-refractivity contribution >= 4 is 17.6 Å². The fourth-order valence-corrected chi connectivity index (χ4v) is 4.28. The van der Waals surface area contributed by atoms with Crippen LogP contribution in [0.25, 0.3) is 0 Å². The van der Waals surface area contributed by atoms with Gasteiger partial charge in [-0.25, -0.2) is 4.79 Å². The first-order chi connectivity index (χ1) is 13.5. The van der Waals surface area contributed by atoms with Gasteiger partial charge in [-0.3, -0.25) is 19.9 Å². The number of imide groups is 1. The molecule has 0 saturated carbocycles. The molecule has 1 atom stereocenters. The number of hydrogen-bond acceptors (Lipinski definition) is 4. The van der Waals surface area contributed by atoms with Crippen LogP contribution in [0.4, 0.5) is 10.5 Å². The Morgan fingerprint density at radius 2 is 1.75 bits per heavy atom. The Morgan fingerprint density at radius 3 is 2.46 bits per heavy atom. The maximum absolute atomic E-state index is 12.3. The van der Waals surface area contributed by atoms with Crippen LogP contribution in [0.15, 0.2) is 18.2 Å². The molecule has 2 aliphatic rings. The maximum Gasteiger partial charge on any atom is 0.325 e. The van der Waals surface area contributed by atoms with Gasteiger partial charge in [-0.15, -0.1) is 0 Å². The predicted octanol–water partition coefficient (Wildman–Crippen LogP) is 3.29. The van der Waals surface area contributed by atoms with E-state index < -0.39 is 6.03 Å². The van der Waals surface area contributed by atoms with E-state index in [1.54, 1.807) is 0 Å². The molecule has 2 fully saturated rings. The summed E-state index contributed by atoms with van der Waals surface area (Å²) in [6.45, 7) is 8.53. The van der Waals surface area contributed by atoms with Gasteiger partial charge in [0.1, 0.15) is 0 Å².